The Hall–Kier alpha value is -3.35. The molecule has 1 saturated heterocycles. The van der Waals surface area contributed by atoms with Gasteiger partial charge in [-0.2, -0.15) is 11.8 Å². The number of carbonyl (C=O) groups is 4. The van der Waals surface area contributed by atoms with Crippen LogP contribution in [-0.2, 0) is 32.0 Å². The number of rotatable bonds is 19. The van der Waals surface area contributed by atoms with Crippen LogP contribution in [0.2, 0.25) is 6.32 Å². The third kappa shape index (κ3) is 15.0. The van der Waals surface area contributed by atoms with Crippen molar-refractivity contribution in [2.45, 2.75) is 96.3 Å². The molecule has 2 aromatic rings. The molecule has 6 N–H and O–H groups in total. The second-order valence-corrected chi connectivity index (χ2v) is 14.9. The number of thioether (sulfide) groups is 1. The van der Waals surface area contributed by atoms with Crippen LogP contribution in [-0.4, -0.2) is 97.1 Å². The Morgan fingerprint density at radius 2 is 1.37 bits per heavy atom. The lowest BCUT2D eigenvalue weighted by Crippen LogP contribution is -2.58. The summed E-state index contributed by atoms with van der Waals surface area (Å²) in [4.78, 5) is 56.8. The van der Waals surface area contributed by atoms with E-state index in [0.717, 1.165) is 49.1 Å². The Bertz CT molecular complexity index is 1290. The van der Waals surface area contributed by atoms with E-state index in [-0.39, 0.29) is 18.2 Å². The monoisotopic (exact) mass is 692 g/mol. The van der Waals surface area contributed by atoms with Gasteiger partial charge in [0.25, 0.3) is 0 Å². The van der Waals surface area contributed by atoms with Crippen LogP contribution in [0, 0.1) is 5.92 Å². The Kier molecular flexibility index (Phi) is 17.7. The van der Waals surface area contributed by atoms with Gasteiger partial charge in [-0.15, -0.1) is 0 Å². The van der Waals surface area contributed by atoms with Crippen molar-refractivity contribution >= 4 is 42.7 Å². The molecule has 0 spiro atoms. The summed E-state index contributed by atoms with van der Waals surface area (Å²) in [6.07, 6.45) is 3.97. The van der Waals surface area contributed by atoms with E-state index in [1.165, 1.54) is 0 Å². The molecule has 268 valence electrons. The van der Waals surface area contributed by atoms with Crippen LogP contribution in [0.15, 0.2) is 60.7 Å². The molecule has 1 aliphatic heterocycles. The van der Waals surface area contributed by atoms with E-state index in [4.69, 9.17) is 5.73 Å². The van der Waals surface area contributed by atoms with Gasteiger partial charge in [0.15, 0.2) is 0 Å². The summed E-state index contributed by atoms with van der Waals surface area (Å²) in [5.41, 5.74) is 8.06. The van der Waals surface area contributed by atoms with Crippen molar-refractivity contribution < 1.29 is 19.2 Å². The number of nitrogens with one attached hydrogen (secondary N) is 4. The smallest absolute Gasteiger partial charge is 0.245 e. The van der Waals surface area contributed by atoms with E-state index in [1.807, 2.05) is 91.2 Å². The zero-order valence-electron chi connectivity index (χ0n) is 29.8. The van der Waals surface area contributed by atoms with E-state index < -0.39 is 41.9 Å². The summed E-state index contributed by atoms with van der Waals surface area (Å²) >= 11 is 1.84. The minimum absolute atomic E-state index is 0.0658. The van der Waals surface area contributed by atoms with Gasteiger partial charge in [0.1, 0.15) is 25.4 Å². The van der Waals surface area contributed by atoms with Crippen molar-refractivity contribution in [3.05, 3.63) is 71.8 Å². The number of amides is 4. The van der Waals surface area contributed by atoms with Crippen LogP contribution < -0.4 is 27.0 Å². The first-order valence-electron chi connectivity index (χ1n) is 17.9. The van der Waals surface area contributed by atoms with Gasteiger partial charge in [0.05, 0.1) is 6.04 Å². The SMILES string of the molecule is CC(C)C[C@@H](NC(=O)[C@@H](Cc1ccccc1)NC(=O)[C@H](N)Cc1ccccc1)C(=O)N[C@H](CCBCNC(C)C)C(=O)N1CCCSCC1. The van der Waals surface area contributed by atoms with E-state index >= 15 is 0 Å². The summed E-state index contributed by atoms with van der Waals surface area (Å²) in [5, 5.41) is 12.3. The lowest BCUT2D eigenvalue weighted by molar-refractivity contribution is -0.137. The average molecular weight is 693 g/mol. The summed E-state index contributed by atoms with van der Waals surface area (Å²) in [5.74, 6) is 0.591. The van der Waals surface area contributed by atoms with Crippen LogP contribution in [0.25, 0.3) is 0 Å². The number of hydrogen-bond donors (Lipinski definition) is 5. The van der Waals surface area contributed by atoms with E-state index in [2.05, 4.69) is 35.1 Å². The third-order valence-electron chi connectivity index (χ3n) is 8.51. The molecule has 10 nitrogen and oxygen atoms in total. The predicted octanol–water partition coefficient (Wildman–Crippen LogP) is 2.47. The van der Waals surface area contributed by atoms with Gasteiger partial charge in [-0.25, -0.2) is 0 Å². The maximum absolute atomic E-state index is 14.0. The van der Waals surface area contributed by atoms with Gasteiger partial charge in [-0.05, 0) is 54.9 Å². The molecule has 0 radical (unpaired) electrons. The fourth-order valence-electron chi connectivity index (χ4n) is 5.85. The van der Waals surface area contributed by atoms with Crippen LogP contribution in [0.5, 0.6) is 0 Å². The molecule has 0 aromatic heterocycles. The van der Waals surface area contributed by atoms with Crippen molar-refractivity contribution in [3.8, 4) is 0 Å². The zero-order chi connectivity index (χ0) is 35.6. The van der Waals surface area contributed by atoms with Gasteiger partial charge >= 0.3 is 0 Å². The molecular formula is C37H57BN6O4S. The van der Waals surface area contributed by atoms with E-state index in [0.29, 0.717) is 38.4 Å². The topological polar surface area (TPSA) is 146 Å². The second kappa shape index (κ2) is 21.7. The molecule has 1 aliphatic rings. The lowest BCUT2D eigenvalue weighted by atomic mass is 9.72. The van der Waals surface area contributed by atoms with E-state index in [1.54, 1.807) is 0 Å². The molecule has 12 heteroatoms. The normalized spacial score (nSPS) is 15.9. The molecule has 3 rings (SSSR count). The maximum Gasteiger partial charge on any atom is 0.245 e. The zero-order valence-corrected chi connectivity index (χ0v) is 30.6. The fourth-order valence-corrected chi connectivity index (χ4v) is 6.74. The van der Waals surface area contributed by atoms with Crippen molar-refractivity contribution in [3.63, 3.8) is 0 Å². The van der Waals surface area contributed by atoms with Gasteiger partial charge in [-0.1, -0.05) is 94.7 Å². The maximum atomic E-state index is 14.0. The Labute approximate surface area is 298 Å². The predicted molar refractivity (Wildman–Crippen MR) is 202 cm³/mol. The molecule has 0 unspecified atom stereocenters. The average Bonchev–Trinajstić information content (AvgIpc) is 3.37. The number of nitrogens with zero attached hydrogens (tertiary/aromatic N) is 1. The van der Waals surface area contributed by atoms with E-state index in [9.17, 15) is 19.2 Å². The number of carbonyl (C=O) groups excluding carboxylic acids is 4. The van der Waals surface area contributed by atoms with Gasteiger partial charge < -0.3 is 31.9 Å². The van der Waals surface area contributed by atoms with Crippen LogP contribution in [0.1, 0.15) is 58.1 Å². The second-order valence-electron chi connectivity index (χ2n) is 13.7. The molecule has 2 aromatic carbocycles. The van der Waals surface area contributed by atoms with Crippen molar-refractivity contribution in [2.75, 3.05) is 31.0 Å². The first-order valence-corrected chi connectivity index (χ1v) is 19.0. The van der Waals surface area contributed by atoms with Crippen molar-refractivity contribution in [1.29, 1.82) is 0 Å². The molecule has 1 fully saturated rings. The largest absolute Gasteiger partial charge is 0.343 e. The molecule has 49 heavy (non-hydrogen) atoms. The fraction of sp³-hybridized carbons (Fsp3) is 0.568. The minimum Gasteiger partial charge on any atom is -0.343 e. The molecular weight excluding hydrogens is 635 g/mol. The molecule has 0 saturated carbocycles. The number of nitrogens with two attached hydrogens (primary N) is 1. The highest BCUT2D eigenvalue weighted by atomic mass is 32.2. The molecule has 4 atom stereocenters. The molecule has 1 heterocycles. The quantitative estimate of drug-likeness (QED) is 0.112. The molecule has 4 amide bonds. The Morgan fingerprint density at radius 3 is 2.00 bits per heavy atom. The van der Waals surface area contributed by atoms with Crippen LogP contribution in [0.3, 0.4) is 0 Å². The Morgan fingerprint density at radius 1 is 0.776 bits per heavy atom. The molecule has 0 aliphatic carbocycles. The summed E-state index contributed by atoms with van der Waals surface area (Å²) in [7, 11) is 0.882. The third-order valence-corrected chi connectivity index (χ3v) is 9.56. The minimum atomic E-state index is -0.959. The first kappa shape index (κ1) is 40.1. The Balaban J connectivity index is 1.76. The van der Waals surface area contributed by atoms with Gasteiger partial charge in [0.2, 0.25) is 23.6 Å². The van der Waals surface area contributed by atoms with Crippen LogP contribution in [0.4, 0.5) is 0 Å². The standard InChI is InChI=1S/C37H57BN6O4S/c1-26(2)22-32(35(46)41-31(16-17-38-25-40-27(3)4)37(48)44-18-11-20-49-21-19-44)43-36(47)33(24-29-14-9-6-10-15-29)42-34(45)30(39)23-28-12-7-5-8-13-28/h5-10,12-15,26-27,30-33,38,40H,11,16-25,39H2,1-4H3,(H,41,46)(H,42,45)(H,43,47)/t30-,31-,32-,33-/m1/s1. The van der Waals surface area contributed by atoms with Crippen LogP contribution >= 0.6 is 11.8 Å². The summed E-state index contributed by atoms with van der Waals surface area (Å²) in [6.45, 7) is 9.50. The summed E-state index contributed by atoms with van der Waals surface area (Å²) < 4.78 is 0. The van der Waals surface area contributed by atoms with Crippen molar-refractivity contribution in [1.82, 2.24) is 26.2 Å². The molecule has 0 bridgehead atoms. The highest BCUT2D eigenvalue weighted by Crippen LogP contribution is 2.14. The lowest BCUT2D eigenvalue weighted by Gasteiger charge is -2.29. The van der Waals surface area contributed by atoms with Gasteiger partial charge in [0, 0.05) is 31.3 Å². The summed E-state index contributed by atoms with van der Waals surface area (Å²) in [6, 6.07) is 15.9. The highest BCUT2D eigenvalue weighted by molar-refractivity contribution is 7.99. The number of hydrogen-bond acceptors (Lipinski definition) is 7. The van der Waals surface area contributed by atoms with Gasteiger partial charge in [-0.3, -0.25) is 19.2 Å². The first-order chi connectivity index (χ1) is 23.5. The highest BCUT2D eigenvalue weighted by Gasteiger charge is 2.32. The van der Waals surface area contributed by atoms with Crippen molar-refractivity contribution in [2.24, 2.45) is 11.7 Å². The number of benzene rings is 2.